The van der Waals surface area contributed by atoms with E-state index in [2.05, 4.69) is 16.9 Å². The molecule has 0 atom stereocenters. The fourth-order valence-electron chi connectivity index (χ4n) is 1.62. The zero-order chi connectivity index (χ0) is 12.4. The third-order valence-electron chi connectivity index (χ3n) is 2.45. The number of aryl methyl sites for hydroxylation is 1. The first-order valence-electron chi connectivity index (χ1n) is 5.17. The summed E-state index contributed by atoms with van der Waals surface area (Å²) in [4.78, 5) is 17.4. The number of hydrogen-bond donors (Lipinski definition) is 2. The van der Waals surface area contributed by atoms with Gasteiger partial charge >= 0.3 is 0 Å². The van der Waals surface area contributed by atoms with E-state index in [1.165, 1.54) is 11.3 Å². The predicted molar refractivity (Wildman–Crippen MR) is 71.3 cm³/mol. The van der Waals surface area contributed by atoms with Crippen LogP contribution in [0.2, 0.25) is 0 Å². The smallest absolute Gasteiger partial charge is 0.263 e. The van der Waals surface area contributed by atoms with Crippen molar-refractivity contribution in [2.75, 3.05) is 12.3 Å². The Morgan fingerprint density at radius 1 is 1.71 bits per heavy atom. The quantitative estimate of drug-likeness (QED) is 0.816. The average Bonchev–Trinajstić information content (AvgIpc) is 2.65. The van der Waals surface area contributed by atoms with Gasteiger partial charge in [-0.3, -0.25) is 4.79 Å². The largest absolute Gasteiger partial charge is 0.397 e. The lowest BCUT2D eigenvalue weighted by Crippen LogP contribution is -2.22. The molecule has 0 aliphatic carbocycles. The van der Waals surface area contributed by atoms with Crippen molar-refractivity contribution in [3.8, 4) is 0 Å². The molecular formula is C12H13N3OS. The molecule has 2 rings (SSSR count). The molecule has 0 spiro atoms. The van der Waals surface area contributed by atoms with Gasteiger partial charge in [-0.1, -0.05) is 6.08 Å². The standard InChI is InChI=1S/C12H13N3OS/c1-3-5-14-11(16)10-9(13)8-7(2)4-6-15-12(8)17-10/h3-4,6H,1,5,13H2,2H3,(H,14,16). The molecule has 88 valence electrons. The highest BCUT2D eigenvalue weighted by atomic mass is 32.1. The van der Waals surface area contributed by atoms with Gasteiger partial charge in [-0.2, -0.15) is 0 Å². The number of carbonyl (C=O) groups excluding carboxylic acids is 1. The van der Waals surface area contributed by atoms with Crippen molar-refractivity contribution in [3.63, 3.8) is 0 Å². The van der Waals surface area contributed by atoms with Crippen LogP contribution in [-0.4, -0.2) is 17.4 Å². The van der Waals surface area contributed by atoms with Gasteiger partial charge in [0.05, 0.1) is 5.69 Å². The van der Waals surface area contributed by atoms with E-state index in [1.54, 1.807) is 12.3 Å². The fraction of sp³-hybridized carbons (Fsp3) is 0.167. The number of aromatic nitrogens is 1. The van der Waals surface area contributed by atoms with Crippen molar-refractivity contribution in [2.45, 2.75) is 6.92 Å². The lowest BCUT2D eigenvalue weighted by molar-refractivity contribution is 0.0963. The first kappa shape index (κ1) is 11.6. The van der Waals surface area contributed by atoms with Gasteiger partial charge in [0.25, 0.3) is 5.91 Å². The van der Waals surface area contributed by atoms with E-state index in [9.17, 15) is 4.79 Å². The van der Waals surface area contributed by atoms with Crippen molar-refractivity contribution in [2.24, 2.45) is 0 Å². The number of nitrogens with zero attached hydrogens (tertiary/aromatic N) is 1. The molecule has 0 saturated heterocycles. The highest BCUT2D eigenvalue weighted by molar-refractivity contribution is 7.21. The van der Waals surface area contributed by atoms with Crippen molar-refractivity contribution in [1.29, 1.82) is 0 Å². The Morgan fingerprint density at radius 3 is 3.12 bits per heavy atom. The van der Waals surface area contributed by atoms with Crippen LogP contribution in [0.4, 0.5) is 5.69 Å². The van der Waals surface area contributed by atoms with Crippen LogP contribution in [0.5, 0.6) is 0 Å². The maximum absolute atomic E-state index is 11.8. The Hall–Kier alpha value is -1.88. The van der Waals surface area contributed by atoms with Crippen LogP contribution >= 0.6 is 11.3 Å². The third kappa shape index (κ3) is 2.01. The Balaban J connectivity index is 2.49. The van der Waals surface area contributed by atoms with Gasteiger partial charge in [-0.05, 0) is 18.6 Å². The Kier molecular flexibility index (Phi) is 3.10. The molecule has 5 heteroatoms. The summed E-state index contributed by atoms with van der Waals surface area (Å²) >= 11 is 1.31. The summed E-state index contributed by atoms with van der Waals surface area (Å²) in [6.45, 7) is 5.94. The molecule has 17 heavy (non-hydrogen) atoms. The molecule has 0 aromatic carbocycles. The lowest BCUT2D eigenvalue weighted by Gasteiger charge is -2.00. The first-order chi connectivity index (χ1) is 8.15. The van der Waals surface area contributed by atoms with Gasteiger partial charge in [-0.15, -0.1) is 17.9 Å². The molecule has 3 N–H and O–H groups in total. The monoisotopic (exact) mass is 247 g/mol. The van der Waals surface area contributed by atoms with Gasteiger partial charge in [0.1, 0.15) is 9.71 Å². The molecule has 0 aliphatic rings. The summed E-state index contributed by atoms with van der Waals surface area (Å²) in [6, 6.07) is 1.89. The molecule has 0 saturated carbocycles. The van der Waals surface area contributed by atoms with Gasteiger partial charge in [-0.25, -0.2) is 4.98 Å². The van der Waals surface area contributed by atoms with Crippen LogP contribution in [0, 0.1) is 6.92 Å². The minimum atomic E-state index is -0.176. The van der Waals surface area contributed by atoms with Crippen molar-refractivity contribution in [3.05, 3.63) is 35.4 Å². The van der Waals surface area contributed by atoms with Gasteiger partial charge in [0.15, 0.2) is 0 Å². The van der Waals surface area contributed by atoms with Gasteiger partial charge < -0.3 is 11.1 Å². The minimum absolute atomic E-state index is 0.176. The second-order valence-corrected chi connectivity index (χ2v) is 4.65. The molecular weight excluding hydrogens is 234 g/mol. The number of nitrogen functional groups attached to an aromatic ring is 1. The highest BCUT2D eigenvalue weighted by Crippen LogP contribution is 2.33. The second kappa shape index (κ2) is 4.55. The normalized spacial score (nSPS) is 10.4. The Labute approximate surface area is 103 Å². The van der Waals surface area contributed by atoms with Crippen LogP contribution in [0.3, 0.4) is 0 Å². The van der Waals surface area contributed by atoms with Crippen LogP contribution < -0.4 is 11.1 Å². The minimum Gasteiger partial charge on any atom is -0.397 e. The SMILES string of the molecule is C=CCNC(=O)c1sc2nccc(C)c2c1N. The number of carbonyl (C=O) groups is 1. The van der Waals surface area contributed by atoms with E-state index < -0.39 is 0 Å². The lowest BCUT2D eigenvalue weighted by atomic mass is 10.2. The predicted octanol–water partition coefficient (Wildman–Crippen LogP) is 2.10. The molecule has 0 bridgehead atoms. The molecule has 0 aliphatic heterocycles. The van der Waals surface area contributed by atoms with Crippen molar-refractivity contribution >= 4 is 33.1 Å². The summed E-state index contributed by atoms with van der Waals surface area (Å²) in [5.41, 5.74) is 7.54. The van der Waals surface area contributed by atoms with E-state index in [-0.39, 0.29) is 5.91 Å². The number of nitrogens with two attached hydrogens (primary N) is 1. The van der Waals surface area contributed by atoms with E-state index in [4.69, 9.17) is 5.73 Å². The summed E-state index contributed by atoms with van der Waals surface area (Å²) in [6.07, 6.45) is 3.35. The molecule has 1 amide bonds. The zero-order valence-electron chi connectivity index (χ0n) is 9.49. The highest BCUT2D eigenvalue weighted by Gasteiger charge is 2.17. The van der Waals surface area contributed by atoms with Crippen molar-refractivity contribution < 1.29 is 4.79 Å². The molecule has 2 heterocycles. The van der Waals surface area contributed by atoms with Crippen LogP contribution in [0.15, 0.2) is 24.9 Å². The second-order valence-electron chi connectivity index (χ2n) is 3.65. The summed E-state index contributed by atoms with van der Waals surface area (Å²) in [5.74, 6) is -0.176. The maximum atomic E-state index is 11.8. The number of thiophene rings is 1. The summed E-state index contributed by atoms with van der Waals surface area (Å²) < 4.78 is 0. The molecule has 0 fully saturated rings. The Bertz CT molecular complexity index is 589. The fourth-order valence-corrected chi connectivity index (χ4v) is 2.67. The number of nitrogens with one attached hydrogen (secondary N) is 1. The van der Waals surface area contributed by atoms with E-state index in [0.717, 1.165) is 15.8 Å². The number of anilines is 1. The number of pyridine rings is 1. The topological polar surface area (TPSA) is 68.0 Å². The molecule has 0 unspecified atom stereocenters. The number of rotatable bonds is 3. The molecule has 2 aromatic heterocycles. The zero-order valence-corrected chi connectivity index (χ0v) is 10.3. The number of fused-ring (bicyclic) bond motifs is 1. The van der Waals surface area contributed by atoms with E-state index >= 15 is 0 Å². The first-order valence-corrected chi connectivity index (χ1v) is 5.99. The van der Waals surface area contributed by atoms with E-state index in [0.29, 0.717) is 17.1 Å². The number of amides is 1. The number of hydrogen-bond acceptors (Lipinski definition) is 4. The van der Waals surface area contributed by atoms with Crippen molar-refractivity contribution in [1.82, 2.24) is 10.3 Å². The van der Waals surface area contributed by atoms with E-state index in [1.807, 2.05) is 13.0 Å². The van der Waals surface area contributed by atoms with Gasteiger partial charge in [0.2, 0.25) is 0 Å². The molecule has 2 aromatic rings. The van der Waals surface area contributed by atoms with Gasteiger partial charge in [0, 0.05) is 18.1 Å². The maximum Gasteiger partial charge on any atom is 0.263 e. The Morgan fingerprint density at radius 2 is 2.47 bits per heavy atom. The summed E-state index contributed by atoms with van der Waals surface area (Å²) in [7, 11) is 0. The third-order valence-corrected chi connectivity index (χ3v) is 3.56. The molecule has 0 radical (unpaired) electrons. The van der Waals surface area contributed by atoms with Crippen LogP contribution in [0.1, 0.15) is 15.2 Å². The van der Waals surface area contributed by atoms with Crippen LogP contribution in [0.25, 0.3) is 10.2 Å². The van der Waals surface area contributed by atoms with Crippen LogP contribution in [-0.2, 0) is 0 Å². The average molecular weight is 247 g/mol. The summed E-state index contributed by atoms with van der Waals surface area (Å²) in [5, 5.41) is 3.59. The molecule has 4 nitrogen and oxygen atoms in total.